The molecule has 0 bridgehead atoms. The number of alkyl halides is 1. The second-order valence-corrected chi connectivity index (χ2v) is 3.48. The Hall–Kier alpha value is -0.750. The van der Waals surface area contributed by atoms with E-state index in [4.69, 9.17) is 11.6 Å². The average Bonchev–Trinajstić information content (AvgIpc) is 2.19. The first-order valence-electron chi connectivity index (χ1n) is 4.60. The molecule has 1 aromatic rings. The summed E-state index contributed by atoms with van der Waals surface area (Å²) in [6.45, 7) is 2.23. The topological polar surface area (TPSA) is 0 Å². The summed E-state index contributed by atoms with van der Waals surface area (Å²) in [7, 11) is 0. The second-order valence-electron chi connectivity index (χ2n) is 3.17. The van der Waals surface area contributed by atoms with Crippen LogP contribution in [-0.2, 0) is 0 Å². The van der Waals surface area contributed by atoms with Crippen LogP contribution in [0.25, 0.3) is 0 Å². The van der Waals surface area contributed by atoms with Gasteiger partial charge in [-0.3, -0.25) is 0 Å². The summed E-state index contributed by atoms with van der Waals surface area (Å²) in [5.41, 5.74) is 1.39. The van der Waals surface area contributed by atoms with Gasteiger partial charge in [-0.1, -0.05) is 49.4 Å². The van der Waals surface area contributed by atoms with Gasteiger partial charge in [0.2, 0.25) is 0 Å². The average molecular weight is 195 g/mol. The third-order valence-corrected chi connectivity index (χ3v) is 2.29. The Morgan fingerprint density at radius 1 is 1.23 bits per heavy atom. The molecule has 13 heavy (non-hydrogen) atoms. The third kappa shape index (κ3) is 3.65. The van der Waals surface area contributed by atoms with Crippen molar-refractivity contribution < 1.29 is 0 Å². The highest BCUT2D eigenvalue weighted by Crippen LogP contribution is 2.18. The van der Waals surface area contributed by atoms with Crippen LogP contribution < -0.4 is 0 Å². The van der Waals surface area contributed by atoms with E-state index in [0.29, 0.717) is 11.8 Å². The lowest BCUT2D eigenvalue weighted by atomic mass is 9.98. The van der Waals surface area contributed by atoms with Gasteiger partial charge < -0.3 is 0 Å². The van der Waals surface area contributed by atoms with Crippen molar-refractivity contribution >= 4 is 11.6 Å². The summed E-state index contributed by atoms with van der Waals surface area (Å²) >= 11 is 5.54. The molecule has 0 spiro atoms. The summed E-state index contributed by atoms with van der Waals surface area (Å²) < 4.78 is 0. The van der Waals surface area contributed by atoms with Gasteiger partial charge in [0.15, 0.2) is 0 Å². The first-order valence-corrected chi connectivity index (χ1v) is 5.14. The Bertz CT molecular complexity index is 251. The van der Waals surface area contributed by atoms with Crippen molar-refractivity contribution in [2.24, 2.45) is 0 Å². The van der Waals surface area contributed by atoms with Gasteiger partial charge in [-0.2, -0.15) is 0 Å². The minimum atomic E-state index is 0.584. The molecule has 0 heterocycles. The van der Waals surface area contributed by atoms with Crippen LogP contribution in [0.3, 0.4) is 0 Å². The molecule has 0 radical (unpaired) electrons. The molecule has 1 atom stereocenters. The minimum Gasteiger partial charge on any atom is -0.122 e. The molecule has 0 N–H and O–H groups in total. The molecule has 0 nitrogen and oxygen atoms in total. The molecule has 0 fully saturated rings. The van der Waals surface area contributed by atoms with E-state index in [0.717, 1.165) is 6.42 Å². The number of benzene rings is 1. The first kappa shape index (κ1) is 10.3. The maximum atomic E-state index is 5.54. The van der Waals surface area contributed by atoms with Crippen molar-refractivity contribution in [3.63, 3.8) is 0 Å². The molecule has 0 aromatic heterocycles. The molecule has 1 rings (SSSR count). The van der Waals surface area contributed by atoms with Gasteiger partial charge in [0.05, 0.1) is 0 Å². The Morgan fingerprint density at radius 3 is 2.54 bits per heavy atom. The molecule has 0 aliphatic carbocycles. The number of halogens is 1. The molecule has 0 aliphatic heterocycles. The van der Waals surface area contributed by atoms with E-state index in [-0.39, 0.29) is 0 Å². The maximum absolute atomic E-state index is 5.54. The van der Waals surface area contributed by atoms with E-state index in [1.165, 1.54) is 5.56 Å². The fraction of sp³-hybridized carbons (Fsp3) is 0.333. The van der Waals surface area contributed by atoms with Crippen LogP contribution in [0.15, 0.2) is 42.5 Å². The zero-order chi connectivity index (χ0) is 9.52. The lowest BCUT2D eigenvalue weighted by Crippen LogP contribution is -1.90. The zero-order valence-corrected chi connectivity index (χ0v) is 8.67. The Labute approximate surface area is 85.2 Å². The quantitative estimate of drug-likeness (QED) is 0.503. The maximum Gasteiger partial charge on any atom is 0.0404 e. The molecule has 1 aromatic carbocycles. The fourth-order valence-electron chi connectivity index (χ4n) is 1.28. The van der Waals surface area contributed by atoms with E-state index in [2.05, 4.69) is 37.3 Å². The first-order chi connectivity index (χ1) is 6.34. The van der Waals surface area contributed by atoms with Crippen molar-refractivity contribution in [2.75, 3.05) is 5.88 Å². The van der Waals surface area contributed by atoms with Gasteiger partial charge in [-0.15, -0.1) is 11.6 Å². The monoisotopic (exact) mass is 194 g/mol. The third-order valence-electron chi connectivity index (χ3n) is 2.11. The van der Waals surface area contributed by atoms with Crippen molar-refractivity contribution in [2.45, 2.75) is 19.3 Å². The van der Waals surface area contributed by atoms with Crippen LogP contribution in [0.2, 0.25) is 0 Å². The number of rotatable bonds is 4. The number of hydrogen-bond acceptors (Lipinski definition) is 0. The van der Waals surface area contributed by atoms with Crippen molar-refractivity contribution in [3.05, 3.63) is 48.0 Å². The van der Waals surface area contributed by atoms with Crippen LogP contribution >= 0.6 is 11.6 Å². The molecule has 1 heteroatoms. The lowest BCUT2D eigenvalue weighted by Gasteiger charge is -2.07. The van der Waals surface area contributed by atoms with E-state index >= 15 is 0 Å². The number of hydrogen-bond donors (Lipinski definition) is 0. The van der Waals surface area contributed by atoms with Gasteiger partial charge in [0.25, 0.3) is 0 Å². The van der Waals surface area contributed by atoms with Crippen LogP contribution in [0, 0.1) is 0 Å². The summed E-state index contributed by atoms with van der Waals surface area (Å²) in [5, 5.41) is 0. The van der Waals surface area contributed by atoms with Gasteiger partial charge in [-0.05, 0) is 17.9 Å². The van der Waals surface area contributed by atoms with Gasteiger partial charge in [0, 0.05) is 5.88 Å². The molecule has 70 valence electrons. The summed E-state index contributed by atoms with van der Waals surface area (Å²) in [6.07, 6.45) is 5.21. The predicted octanol–water partition coefficient (Wildman–Crippen LogP) is 3.98. The van der Waals surface area contributed by atoms with Crippen molar-refractivity contribution in [1.82, 2.24) is 0 Å². The van der Waals surface area contributed by atoms with Crippen molar-refractivity contribution in [1.29, 1.82) is 0 Å². The molecule has 0 amide bonds. The zero-order valence-electron chi connectivity index (χ0n) is 7.91. The van der Waals surface area contributed by atoms with E-state index in [1.807, 2.05) is 12.1 Å². The van der Waals surface area contributed by atoms with Crippen LogP contribution in [0.1, 0.15) is 24.8 Å². The highest BCUT2D eigenvalue weighted by atomic mass is 35.5. The highest BCUT2D eigenvalue weighted by molar-refractivity contribution is 6.18. The molecule has 1 unspecified atom stereocenters. The molecule has 0 aliphatic rings. The number of allylic oxidation sites excluding steroid dienone is 2. The molecule has 0 saturated heterocycles. The van der Waals surface area contributed by atoms with Crippen molar-refractivity contribution in [3.8, 4) is 0 Å². The fourth-order valence-corrected chi connectivity index (χ4v) is 1.41. The summed E-state index contributed by atoms with van der Waals surface area (Å²) in [4.78, 5) is 0. The molecular weight excluding hydrogens is 180 g/mol. The highest BCUT2D eigenvalue weighted by Gasteiger charge is 2.00. The second kappa shape index (κ2) is 5.82. The Balaban J connectivity index is 2.49. The van der Waals surface area contributed by atoms with Gasteiger partial charge in [-0.25, -0.2) is 0 Å². The van der Waals surface area contributed by atoms with Crippen LogP contribution in [0.4, 0.5) is 0 Å². The normalized spacial score (nSPS) is 13.4. The Morgan fingerprint density at radius 2 is 1.92 bits per heavy atom. The summed E-state index contributed by atoms with van der Waals surface area (Å²) in [6, 6.07) is 10.5. The Kier molecular flexibility index (Phi) is 4.63. The standard InChI is InChI=1S/C12H15Cl/c1-11(7-5-6-10-13)12-8-3-2-4-9-12/h2-6,8-9,11H,7,10H2,1H3/b6-5+. The predicted molar refractivity (Wildman–Crippen MR) is 59.3 cm³/mol. The van der Waals surface area contributed by atoms with Gasteiger partial charge >= 0.3 is 0 Å². The van der Waals surface area contributed by atoms with Gasteiger partial charge in [0.1, 0.15) is 0 Å². The smallest absolute Gasteiger partial charge is 0.0404 e. The largest absolute Gasteiger partial charge is 0.122 e. The molecule has 0 saturated carbocycles. The minimum absolute atomic E-state index is 0.584. The van der Waals surface area contributed by atoms with Crippen LogP contribution in [-0.4, -0.2) is 5.88 Å². The van der Waals surface area contributed by atoms with E-state index in [9.17, 15) is 0 Å². The molecular formula is C12H15Cl. The van der Waals surface area contributed by atoms with E-state index in [1.54, 1.807) is 0 Å². The van der Waals surface area contributed by atoms with Crippen LogP contribution in [0.5, 0.6) is 0 Å². The summed E-state index contributed by atoms with van der Waals surface area (Å²) in [5.74, 6) is 1.20. The SMILES string of the molecule is CC(C/C=C/CCl)c1ccccc1. The van der Waals surface area contributed by atoms with E-state index < -0.39 is 0 Å². The lowest BCUT2D eigenvalue weighted by molar-refractivity contribution is 0.780.